The minimum atomic E-state index is -0.703. The van der Waals surface area contributed by atoms with Gasteiger partial charge in [0.1, 0.15) is 11.9 Å². The fourth-order valence-electron chi connectivity index (χ4n) is 2.80. The van der Waals surface area contributed by atoms with E-state index in [4.69, 9.17) is 16.3 Å². The van der Waals surface area contributed by atoms with Crippen LogP contribution in [0.1, 0.15) is 39.8 Å². The third kappa shape index (κ3) is 3.00. The van der Waals surface area contributed by atoms with Crippen molar-refractivity contribution in [2.45, 2.75) is 31.8 Å². The van der Waals surface area contributed by atoms with Gasteiger partial charge in [-0.2, -0.15) is 0 Å². The molecule has 2 nitrogen and oxygen atoms in total. The molecule has 5 heteroatoms. The normalized spacial score (nSPS) is 15.6. The molecule has 1 heterocycles. The van der Waals surface area contributed by atoms with E-state index in [9.17, 15) is 5.11 Å². The second kappa shape index (κ2) is 6.29. The first-order valence-corrected chi connectivity index (χ1v) is 8.91. The molecule has 0 fully saturated rings. The number of fused-ring (bicyclic) bond motifs is 1. The number of aliphatic hydroxyl groups excluding tert-OH is 1. The monoisotopic (exact) mass is 386 g/mol. The van der Waals surface area contributed by atoms with E-state index in [1.807, 2.05) is 0 Å². The predicted octanol–water partition coefficient (Wildman–Crippen LogP) is 5.13. The average Bonchev–Trinajstić information content (AvgIpc) is 2.89. The highest BCUT2D eigenvalue weighted by molar-refractivity contribution is 9.10. The molecular weight excluding hydrogens is 372 g/mol. The summed E-state index contributed by atoms with van der Waals surface area (Å²) in [6.07, 6.45) is 4.03. The minimum absolute atomic E-state index is 0.582. The minimum Gasteiger partial charge on any atom is -0.495 e. The van der Waals surface area contributed by atoms with Crippen LogP contribution in [0.15, 0.2) is 22.7 Å². The summed E-state index contributed by atoms with van der Waals surface area (Å²) in [6, 6.07) is 5.68. The van der Waals surface area contributed by atoms with Crippen LogP contribution >= 0.6 is 38.9 Å². The predicted molar refractivity (Wildman–Crippen MR) is 90.7 cm³/mol. The van der Waals surface area contributed by atoms with E-state index in [0.717, 1.165) is 22.2 Å². The zero-order valence-corrected chi connectivity index (χ0v) is 14.8. The van der Waals surface area contributed by atoms with Crippen LogP contribution < -0.4 is 4.74 Å². The van der Waals surface area contributed by atoms with Crippen molar-refractivity contribution in [3.8, 4) is 5.75 Å². The number of benzene rings is 1. The van der Waals surface area contributed by atoms with Crippen LogP contribution in [-0.4, -0.2) is 12.2 Å². The number of halogens is 2. The van der Waals surface area contributed by atoms with E-state index in [2.05, 4.69) is 22.0 Å². The van der Waals surface area contributed by atoms with Crippen LogP contribution in [0.3, 0.4) is 0 Å². The Morgan fingerprint density at radius 3 is 2.76 bits per heavy atom. The number of thiophene rings is 1. The summed E-state index contributed by atoms with van der Waals surface area (Å²) in [4.78, 5) is 2.38. The Balaban J connectivity index is 2.02. The molecule has 1 unspecified atom stereocenters. The number of ether oxygens (including phenoxy) is 1. The number of hydrogen-bond acceptors (Lipinski definition) is 3. The molecule has 0 amide bonds. The first kappa shape index (κ1) is 15.3. The van der Waals surface area contributed by atoms with Crippen LogP contribution in [0.25, 0.3) is 0 Å². The molecule has 21 heavy (non-hydrogen) atoms. The molecule has 0 saturated carbocycles. The Hall–Kier alpha value is -0.550. The quantitative estimate of drug-likeness (QED) is 0.791. The lowest BCUT2D eigenvalue weighted by molar-refractivity contribution is 0.218. The van der Waals surface area contributed by atoms with Gasteiger partial charge in [-0.1, -0.05) is 11.6 Å². The van der Waals surface area contributed by atoms with Crippen LogP contribution in [0.2, 0.25) is 5.02 Å². The van der Waals surface area contributed by atoms with Gasteiger partial charge in [-0.25, -0.2) is 0 Å². The highest BCUT2D eigenvalue weighted by atomic mass is 79.9. The molecule has 0 saturated heterocycles. The van der Waals surface area contributed by atoms with Crippen LogP contribution in [0.4, 0.5) is 0 Å². The molecule has 1 aliphatic rings. The second-order valence-corrected chi connectivity index (χ2v) is 7.68. The van der Waals surface area contributed by atoms with E-state index in [-0.39, 0.29) is 0 Å². The van der Waals surface area contributed by atoms with E-state index >= 15 is 0 Å². The van der Waals surface area contributed by atoms with Gasteiger partial charge >= 0.3 is 0 Å². The average molecular weight is 388 g/mol. The maximum atomic E-state index is 10.8. The first-order chi connectivity index (χ1) is 10.1. The third-order valence-electron chi connectivity index (χ3n) is 3.82. The molecular formula is C16H16BrClO2S. The van der Waals surface area contributed by atoms with Crippen LogP contribution in [0, 0.1) is 0 Å². The topological polar surface area (TPSA) is 29.5 Å². The van der Waals surface area contributed by atoms with E-state index in [0.29, 0.717) is 16.3 Å². The molecule has 112 valence electrons. The summed E-state index contributed by atoms with van der Waals surface area (Å²) in [5.74, 6) is 0.637. The van der Waals surface area contributed by atoms with Gasteiger partial charge in [0, 0.05) is 20.3 Å². The molecule has 0 spiro atoms. The van der Waals surface area contributed by atoms with Crippen molar-refractivity contribution >= 4 is 38.9 Å². The Kier molecular flexibility index (Phi) is 4.60. The molecule has 3 rings (SSSR count). The number of methoxy groups -OCH3 is 1. The van der Waals surface area contributed by atoms with Crippen LogP contribution in [0.5, 0.6) is 5.75 Å². The van der Waals surface area contributed by atoms with Gasteiger partial charge in [0.05, 0.1) is 11.6 Å². The summed E-state index contributed by atoms with van der Waals surface area (Å²) in [6.45, 7) is 0. The van der Waals surface area contributed by atoms with Gasteiger partial charge in [0.15, 0.2) is 0 Å². The molecule has 1 atom stereocenters. The Bertz CT molecular complexity index is 645. The largest absolute Gasteiger partial charge is 0.495 e. The van der Waals surface area contributed by atoms with Crippen molar-refractivity contribution in [2.24, 2.45) is 0 Å². The SMILES string of the molecule is COc1c(Br)cc(Cl)cc1C(O)c1cc2c(s1)CCCC2. The standard InChI is InChI=1S/C16H16BrClO2S/c1-20-16-11(7-10(18)8-12(16)17)15(19)14-6-9-4-2-3-5-13(9)21-14/h6-8,15,19H,2-5H2,1H3. The number of rotatable bonds is 3. The fourth-order valence-corrected chi connectivity index (χ4v) is 5.06. The molecule has 1 aromatic carbocycles. The summed E-state index contributed by atoms with van der Waals surface area (Å²) < 4.78 is 6.17. The van der Waals surface area contributed by atoms with Gasteiger partial charge in [-0.15, -0.1) is 11.3 Å². The van der Waals surface area contributed by atoms with E-state index in [1.165, 1.54) is 23.3 Å². The first-order valence-electron chi connectivity index (χ1n) is 6.92. The summed E-state index contributed by atoms with van der Waals surface area (Å²) >= 11 is 11.3. The van der Waals surface area contributed by atoms with Crippen molar-refractivity contribution < 1.29 is 9.84 Å². The Morgan fingerprint density at radius 2 is 2.05 bits per heavy atom. The Labute approximate surface area is 141 Å². The zero-order valence-electron chi connectivity index (χ0n) is 11.7. The molecule has 0 bridgehead atoms. The number of aryl methyl sites for hydroxylation is 2. The zero-order chi connectivity index (χ0) is 15.0. The maximum Gasteiger partial charge on any atom is 0.139 e. The van der Waals surface area contributed by atoms with Gasteiger partial charge < -0.3 is 9.84 Å². The van der Waals surface area contributed by atoms with Crippen molar-refractivity contribution in [3.05, 3.63) is 48.6 Å². The van der Waals surface area contributed by atoms with Gasteiger partial charge in [-0.3, -0.25) is 0 Å². The lowest BCUT2D eigenvalue weighted by atomic mass is 9.98. The summed E-state index contributed by atoms with van der Waals surface area (Å²) in [7, 11) is 1.60. The van der Waals surface area contributed by atoms with Crippen molar-refractivity contribution in [1.82, 2.24) is 0 Å². The smallest absolute Gasteiger partial charge is 0.139 e. The third-order valence-corrected chi connectivity index (χ3v) is 5.92. The van der Waals surface area contributed by atoms with Gasteiger partial charge in [0.2, 0.25) is 0 Å². The van der Waals surface area contributed by atoms with Gasteiger partial charge in [0.25, 0.3) is 0 Å². The second-order valence-electron chi connectivity index (χ2n) is 5.22. The lowest BCUT2D eigenvalue weighted by Gasteiger charge is -2.15. The van der Waals surface area contributed by atoms with Gasteiger partial charge in [-0.05, 0) is 65.4 Å². The fraction of sp³-hybridized carbons (Fsp3) is 0.375. The van der Waals surface area contributed by atoms with Crippen molar-refractivity contribution in [3.63, 3.8) is 0 Å². The van der Waals surface area contributed by atoms with E-state index < -0.39 is 6.10 Å². The molecule has 0 aliphatic heterocycles. The molecule has 1 N–H and O–H groups in total. The molecule has 1 aliphatic carbocycles. The number of aliphatic hydroxyl groups is 1. The number of hydrogen-bond donors (Lipinski definition) is 1. The molecule has 0 radical (unpaired) electrons. The molecule has 2 aromatic rings. The molecule has 1 aromatic heterocycles. The Morgan fingerprint density at radius 1 is 1.29 bits per heavy atom. The lowest BCUT2D eigenvalue weighted by Crippen LogP contribution is -2.01. The summed E-state index contributed by atoms with van der Waals surface area (Å²) in [5, 5.41) is 11.3. The van der Waals surface area contributed by atoms with Crippen molar-refractivity contribution in [2.75, 3.05) is 7.11 Å². The maximum absolute atomic E-state index is 10.8. The van der Waals surface area contributed by atoms with Crippen molar-refractivity contribution in [1.29, 1.82) is 0 Å². The highest BCUT2D eigenvalue weighted by Crippen LogP contribution is 2.41. The van der Waals surface area contributed by atoms with E-state index in [1.54, 1.807) is 30.6 Å². The van der Waals surface area contributed by atoms with Crippen LogP contribution in [-0.2, 0) is 12.8 Å². The highest BCUT2D eigenvalue weighted by Gasteiger charge is 2.23. The summed E-state index contributed by atoms with van der Waals surface area (Å²) in [5.41, 5.74) is 2.09.